The average Bonchev–Trinajstić information content (AvgIpc) is 2.29. The molecule has 2 rings (SSSR count). The lowest BCUT2D eigenvalue weighted by molar-refractivity contribution is -0.148. The number of likely N-dealkylation sites (tertiary alicyclic amines) is 1. The molecule has 98 valence electrons. The smallest absolute Gasteiger partial charge is 0.230 e. The minimum Gasteiger partial charge on any atom is -0.384 e. The van der Waals surface area contributed by atoms with Gasteiger partial charge in [0.1, 0.15) is 0 Å². The van der Waals surface area contributed by atoms with Gasteiger partial charge in [-0.2, -0.15) is 0 Å². The van der Waals surface area contributed by atoms with Gasteiger partial charge >= 0.3 is 0 Å². The highest BCUT2D eigenvalue weighted by molar-refractivity contribution is 5.84. The van der Waals surface area contributed by atoms with E-state index in [1.165, 1.54) is 0 Å². The lowest BCUT2D eigenvalue weighted by Gasteiger charge is -2.44. The Morgan fingerprint density at radius 3 is 2.47 bits per heavy atom. The lowest BCUT2D eigenvalue weighted by Crippen LogP contribution is -2.53. The van der Waals surface area contributed by atoms with Gasteiger partial charge in [-0.3, -0.25) is 4.79 Å². The highest BCUT2D eigenvalue weighted by atomic mass is 16.5. The van der Waals surface area contributed by atoms with Gasteiger partial charge in [0.15, 0.2) is 0 Å². The number of nitrogens with zero attached hydrogens (tertiary/aromatic N) is 1. The average molecular weight is 240 g/mol. The van der Waals surface area contributed by atoms with Crippen LogP contribution < -0.4 is 5.73 Å². The van der Waals surface area contributed by atoms with E-state index in [-0.39, 0.29) is 5.41 Å². The fourth-order valence-electron chi connectivity index (χ4n) is 2.98. The summed E-state index contributed by atoms with van der Waals surface area (Å²) in [6.45, 7) is 3.11. The van der Waals surface area contributed by atoms with Gasteiger partial charge in [-0.1, -0.05) is 6.42 Å². The number of amides is 1. The van der Waals surface area contributed by atoms with E-state index in [1.54, 1.807) is 7.11 Å². The second-order valence-corrected chi connectivity index (χ2v) is 5.53. The molecule has 0 aromatic carbocycles. The summed E-state index contributed by atoms with van der Waals surface area (Å²) in [5, 5.41) is 0. The zero-order valence-electron chi connectivity index (χ0n) is 10.8. The Kier molecular flexibility index (Phi) is 4.05. The third-order valence-electron chi connectivity index (χ3n) is 4.46. The molecule has 1 amide bonds. The summed E-state index contributed by atoms with van der Waals surface area (Å²) < 4.78 is 5.17. The molecule has 1 saturated heterocycles. The number of carbonyl (C=O) groups is 1. The quantitative estimate of drug-likeness (QED) is 0.797. The van der Waals surface area contributed by atoms with E-state index in [9.17, 15) is 4.79 Å². The molecule has 4 heteroatoms. The molecule has 17 heavy (non-hydrogen) atoms. The van der Waals surface area contributed by atoms with Gasteiger partial charge < -0.3 is 15.4 Å². The van der Waals surface area contributed by atoms with Gasteiger partial charge in [0.05, 0.1) is 5.41 Å². The van der Waals surface area contributed by atoms with Crippen molar-refractivity contribution in [1.29, 1.82) is 0 Å². The zero-order valence-corrected chi connectivity index (χ0v) is 10.8. The summed E-state index contributed by atoms with van der Waals surface area (Å²) in [5.74, 6) is 0.932. The first-order valence-corrected chi connectivity index (χ1v) is 6.70. The fraction of sp³-hybridized carbons (Fsp3) is 0.923. The van der Waals surface area contributed by atoms with E-state index in [1.807, 2.05) is 4.90 Å². The zero-order chi connectivity index (χ0) is 12.3. The van der Waals surface area contributed by atoms with Crippen molar-refractivity contribution in [3.63, 3.8) is 0 Å². The van der Waals surface area contributed by atoms with Crippen LogP contribution in [0.2, 0.25) is 0 Å². The van der Waals surface area contributed by atoms with Crippen LogP contribution in [0.5, 0.6) is 0 Å². The summed E-state index contributed by atoms with van der Waals surface area (Å²) in [7, 11) is 1.75. The highest BCUT2D eigenvalue weighted by Gasteiger charge is 2.45. The molecule has 2 N–H and O–H groups in total. The summed E-state index contributed by atoms with van der Waals surface area (Å²) in [6, 6.07) is 0. The number of ether oxygens (including phenoxy) is 1. The first-order valence-electron chi connectivity index (χ1n) is 6.70. The Hall–Kier alpha value is -0.610. The van der Waals surface area contributed by atoms with E-state index in [0.717, 1.165) is 51.8 Å². The molecule has 0 atom stereocenters. The predicted octanol–water partition coefficient (Wildman–Crippen LogP) is 1.00. The Labute approximate surface area is 103 Å². The van der Waals surface area contributed by atoms with Gasteiger partial charge in [-0.05, 0) is 31.6 Å². The maximum atomic E-state index is 12.4. The van der Waals surface area contributed by atoms with Crippen molar-refractivity contribution in [1.82, 2.24) is 4.90 Å². The van der Waals surface area contributed by atoms with Crippen molar-refractivity contribution in [2.75, 3.05) is 33.4 Å². The van der Waals surface area contributed by atoms with Crippen molar-refractivity contribution >= 4 is 5.91 Å². The van der Waals surface area contributed by atoms with Crippen LogP contribution in [-0.2, 0) is 9.53 Å². The molecular formula is C13H24N2O2. The number of methoxy groups -OCH3 is 1. The summed E-state index contributed by atoms with van der Waals surface area (Å²) in [6.07, 6.45) is 5.27. The van der Waals surface area contributed by atoms with Gasteiger partial charge in [-0.25, -0.2) is 0 Å². The van der Waals surface area contributed by atoms with Crippen molar-refractivity contribution in [2.24, 2.45) is 17.1 Å². The molecule has 0 aromatic heterocycles. The molecule has 1 saturated carbocycles. The van der Waals surface area contributed by atoms with Crippen LogP contribution in [-0.4, -0.2) is 44.2 Å². The summed E-state index contributed by atoms with van der Waals surface area (Å²) in [4.78, 5) is 14.4. The standard InChI is InChI=1S/C13H24N2O2/c1-17-9-11-3-7-15(8-4-11)12(16)13(10-14)5-2-6-13/h11H,2-10,14H2,1H3. The van der Waals surface area contributed by atoms with Crippen LogP contribution in [0, 0.1) is 11.3 Å². The van der Waals surface area contributed by atoms with E-state index < -0.39 is 0 Å². The van der Waals surface area contributed by atoms with E-state index in [2.05, 4.69) is 0 Å². The number of rotatable bonds is 4. The molecule has 0 aromatic rings. The summed E-state index contributed by atoms with van der Waals surface area (Å²) >= 11 is 0. The molecule has 0 radical (unpaired) electrons. The normalized spacial score (nSPS) is 24.5. The third-order valence-corrected chi connectivity index (χ3v) is 4.46. The molecule has 0 spiro atoms. The largest absolute Gasteiger partial charge is 0.384 e. The molecule has 1 aliphatic carbocycles. The topological polar surface area (TPSA) is 55.6 Å². The van der Waals surface area contributed by atoms with Crippen LogP contribution in [0.3, 0.4) is 0 Å². The van der Waals surface area contributed by atoms with Gasteiger partial charge in [0, 0.05) is 33.4 Å². The summed E-state index contributed by atoms with van der Waals surface area (Å²) in [5.41, 5.74) is 5.58. The maximum absolute atomic E-state index is 12.4. The molecule has 2 aliphatic rings. The minimum absolute atomic E-state index is 0.200. The van der Waals surface area contributed by atoms with Crippen LogP contribution >= 0.6 is 0 Å². The second kappa shape index (κ2) is 5.36. The first-order chi connectivity index (χ1) is 8.22. The number of hydrogen-bond donors (Lipinski definition) is 1. The monoisotopic (exact) mass is 240 g/mol. The lowest BCUT2D eigenvalue weighted by atomic mass is 9.67. The molecule has 4 nitrogen and oxygen atoms in total. The van der Waals surface area contributed by atoms with Crippen molar-refractivity contribution in [3.05, 3.63) is 0 Å². The molecular weight excluding hydrogens is 216 g/mol. The number of carbonyl (C=O) groups excluding carboxylic acids is 1. The Bertz CT molecular complexity index is 263. The molecule has 2 fully saturated rings. The van der Waals surface area contributed by atoms with Gasteiger partial charge in [-0.15, -0.1) is 0 Å². The van der Waals surface area contributed by atoms with Crippen LogP contribution in [0.1, 0.15) is 32.1 Å². The van der Waals surface area contributed by atoms with Gasteiger partial charge in [0.25, 0.3) is 0 Å². The molecule has 1 aliphatic heterocycles. The van der Waals surface area contributed by atoms with Crippen LogP contribution in [0.15, 0.2) is 0 Å². The van der Waals surface area contributed by atoms with E-state index in [4.69, 9.17) is 10.5 Å². The van der Waals surface area contributed by atoms with E-state index in [0.29, 0.717) is 18.4 Å². The van der Waals surface area contributed by atoms with Gasteiger partial charge in [0.2, 0.25) is 5.91 Å². The third kappa shape index (κ3) is 2.47. The van der Waals surface area contributed by atoms with Crippen LogP contribution in [0.25, 0.3) is 0 Å². The second-order valence-electron chi connectivity index (χ2n) is 5.53. The minimum atomic E-state index is -0.200. The van der Waals surface area contributed by atoms with Crippen molar-refractivity contribution < 1.29 is 9.53 Å². The number of piperidine rings is 1. The first kappa shape index (κ1) is 12.8. The Morgan fingerprint density at radius 2 is 2.06 bits per heavy atom. The predicted molar refractivity (Wildman–Crippen MR) is 66.5 cm³/mol. The van der Waals surface area contributed by atoms with Crippen LogP contribution in [0.4, 0.5) is 0 Å². The number of nitrogens with two attached hydrogens (primary N) is 1. The molecule has 1 heterocycles. The fourth-order valence-corrected chi connectivity index (χ4v) is 2.98. The number of hydrogen-bond acceptors (Lipinski definition) is 3. The maximum Gasteiger partial charge on any atom is 0.230 e. The van der Waals surface area contributed by atoms with Crippen molar-refractivity contribution in [3.8, 4) is 0 Å². The van der Waals surface area contributed by atoms with Crippen molar-refractivity contribution in [2.45, 2.75) is 32.1 Å². The Morgan fingerprint density at radius 1 is 1.41 bits per heavy atom. The molecule has 0 bridgehead atoms. The molecule has 0 unspecified atom stereocenters. The highest BCUT2D eigenvalue weighted by Crippen LogP contribution is 2.42. The van der Waals surface area contributed by atoms with E-state index >= 15 is 0 Å². The SMILES string of the molecule is COCC1CCN(C(=O)C2(CN)CCC2)CC1. The Balaban J connectivity index is 1.86.